The third-order valence-electron chi connectivity index (χ3n) is 3.30. The zero-order chi connectivity index (χ0) is 14.5. The summed E-state index contributed by atoms with van der Waals surface area (Å²) in [4.78, 5) is 0. The van der Waals surface area contributed by atoms with E-state index in [0.29, 0.717) is 12.3 Å². The number of nitrogens with one attached hydrogen (secondary N) is 1. The second-order valence-corrected chi connectivity index (χ2v) is 6.65. The van der Waals surface area contributed by atoms with Crippen LogP contribution >= 0.6 is 0 Å². The number of fused-ring (bicyclic) bond motifs is 1. The maximum absolute atomic E-state index is 11.1. The molecule has 4 heteroatoms. The van der Waals surface area contributed by atoms with Crippen molar-refractivity contribution in [3.63, 3.8) is 0 Å². The molecule has 0 fully saturated rings. The fourth-order valence-electron chi connectivity index (χ4n) is 2.26. The van der Waals surface area contributed by atoms with Gasteiger partial charge in [0.1, 0.15) is 0 Å². The summed E-state index contributed by atoms with van der Waals surface area (Å²) in [6.07, 6.45) is 1.14. The van der Waals surface area contributed by atoms with Crippen LogP contribution in [0.15, 0.2) is 42.5 Å². The summed E-state index contributed by atoms with van der Waals surface area (Å²) in [7, 11) is -0.818. The third-order valence-corrected chi connectivity index (χ3v) is 4.27. The molecular formula is C16H21NO2S. The van der Waals surface area contributed by atoms with E-state index in [0.717, 1.165) is 10.9 Å². The van der Waals surface area contributed by atoms with E-state index in [2.05, 4.69) is 11.4 Å². The normalized spacial score (nSPS) is 15.9. The molecule has 0 spiro atoms. The van der Waals surface area contributed by atoms with E-state index in [1.807, 2.05) is 43.3 Å². The minimum atomic E-state index is -0.818. The number of rotatable bonds is 6. The predicted molar refractivity (Wildman–Crippen MR) is 85.3 cm³/mol. The van der Waals surface area contributed by atoms with Crippen LogP contribution in [0, 0.1) is 0 Å². The molecule has 2 aromatic carbocycles. The predicted octanol–water partition coefficient (Wildman–Crippen LogP) is 2.23. The Morgan fingerprint density at radius 3 is 2.60 bits per heavy atom. The molecule has 2 rings (SSSR count). The van der Waals surface area contributed by atoms with Gasteiger partial charge in [0.25, 0.3) is 0 Å². The quantitative estimate of drug-likeness (QED) is 0.858. The summed E-state index contributed by atoms with van der Waals surface area (Å²) in [5.74, 6) is 0.602. The minimum Gasteiger partial charge on any atom is -0.387 e. The molecule has 3 nitrogen and oxygen atoms in total. The van der Waals surface area contributed by atoms with Gasteiger partial charge in [-0.05, 0) is 29.3 Å². The fourth-order valence-corrected chi connectivity index (χ4v) is 3.08. The van der Waals surface area contributed by atoms with E-state index in [9.17, 15) is 9.32 Å². The topological polar surface area (TPSA) is 49.3 Å². The maximum Gasteiger partial charge on any atom is 0.0914 e. The van der Waals surface area contributed by atoms with Crippen LogP contribution in [0.5, 0.6) is 0 Å². The summed E-state index contributed by atoms with van der Waals surface area (Å²) >= 11 is 0. The van der Waals surface area contributed by atoms with Gasteiger partial charge < -0.3 is 10.4 Å². The lowest BCUT2D eigenvalue weighted by atomic mass is 10.0. The number of aliphatic hydroxyl groups excluding tert-OH is 1. The summed E-state index contributed by atoms with van der Waals surface area (Å²) in [5.41, 5.74) is 0.904. The van der Waals surface area contributed by atoms with Crippen molar-refractivity contribution in [2.75, 3.05) is 18.6 Å². The lowest BCUT2D eigenvalue weighted by molar-refractivity contribution is 0.172. The molecule has 3 unspecified atom stereocenters. The molecular weight excluding hydrogens is 270 g/mol. The van der Waals surface area contributed by atoms with Crippen molar-refractivity contribution >= 4 is 21.6 Å². The SMILES string of the molecule is CC(CS(C)=O)NCC(O)c1ccc2ccccc2c1. The van der Waals surface area contributed by atoms with E-state index in [1.165, 1.54) is 5.39 Å². The largest absolute Gasteiger partial charge is 0.387 e. The van der Waals surface area contributed by atoms with Crippen LogP contribution in [-0.2, 0) is 10.8 Å². The van der Waals surface area contributed by atoms with Gasteiger partial charge in [0, 0.05) is 35.4 Å². The highest BCUT2D eigenvalue weighted by Crippen LogP contribution is 2.20. The van der Waals surface area contributed by atoms with Crippen LogP contribution in [0.25, 0.3) is 10.8 Å². The highest BCUT2D eigenvalue weighted by Gasteiger charge is 2.10. The molecule has 0 aliphatic rings. The highest BCUT2D eigenvalue weighted by atomic mass is 32.2. The van der Waals surface area contributed by atoms with Crippen LogP contribution in [0.2, 0.25) is 0 Å². The summed E-state index contributed by atoms with van der Waals surface area (Å²) in [5, 5.41) is 15.7. The van der Waals surface area contributed by atoms with Gasteiger partial charge in [0.15, 0.2) is 0 Å². The van der Waals surface area contributed by atoms with Crippen molar-refractivity contribution in [3.8, 4) is 0 Å². The Hall–Kier alpha value is -1.23. The molecule has 0 radical (unpaired) electrons. The summed E-state index contributed by atoms with van der Waals surface area (Å²) < 4.78 is 11.1. The van der Waals surface area contributed by atoms with Crippen molar-refractivity contribution < 1.29 is 9.32 Å². The van der Waals surface area contributed by atoms with E-state index in [1.54, 1.807) is 6.26 Å². The molecule has 2 aromatic rings. The van der Waals surface area contributed by atoms with Gasteiger partial charge >= 0.3 is 0 Å². The van der Waals surface area contributed by atoms with E-state index in [-0.39, 0.29) is 6.04 Å². The molecule has 0 heterocycles. The first kappa shape index (κ1) is 15.2. The lowest BCUT2D eigenvalue weighted by Gasteiger charge is -2.17. The number of benzene rings is 2. The third kappa shape index (κ3) is 4.13. The van der Waals surface area contributed by atoms with Crippen LogP contribution in [-0.4, -0.2) is 33.9 Å². The van der Waals surface area contributed by atoms with Crippen molar-refractivity contribution in [1.29, 1.82) is 0 Å². The second kappa shape index (κ2) is 6.97. The lowest BCUT2D eigenvalue weighted by Crippen LogP contribution is -2.34. The molecule has 2 N–H and O–H groups in total. The number of hydrogen-bond donors (Lipinski definition) is 2. The van der Waals surface area contributed by atoms with Crippen LogP contribution < -0.4 is 5.32 Å². The second-order valence-electron chi connectivity index (χ2n) is 5.17. The Morgan fingerprint density at radius 1 is 1.20 bits per heavy atom. The average Bonchev–Trinajstić information content (AvgIpc) is 2.43. The Balaban J connectivity index is 2.00. The Labute approximate surface area is 122 Å². The van der Waals surface area contributed by atoms with E-state index in [4.69, 9.17) is 0 Å². The van der Waals surface area contributed by atoms with Crippen LogP contribution in [0.1, 0.15) is 18.6 Å². The first-order valence-corrected chi connectivity index (χ1v) is 8.49. The van der Waals surface area contributed by atoms with Crippen molar-refractivity contribution in [1.82, 2.24) is 5.32 Å². The molecule has 108 valence electrons. The van der Waals surface area contributed by atoms with Crippen LogP contribution in [0.3, 0.4) is 0 Å². The molecule has 20 heavy (non-hydrogen) atoms. The summed E-state index contributed by atoms with van der Waals surface area (Å²) in [6, 6.07) is 14.2. The average molecular weight is 291 g/mol. The number of aliphatic hydroxyl groups is 1. The Morgan fingerprint density at radius 2 is 1.90 bits per heavy atom. The standard InChI is InChI=1S/C16H21NO2S/c1-12(11-20(2)19)17-10-16(18)15-8-7-13-5-3-4-6-14(13)9-15/h3-9,12,16-18H,10-11H2,1-2H3. The van der Waals surface area contributed by atoms with E-state index >= 15 is 0 Å². The van der Waals surface area contributed by atoms with Gasteiger partial charge in [0.2, 0.25) is 0 Å². The van der Waals surface area contributed by atoms with Gasteiger partial charge in [-0.2, -0.15) is 0 Å². The number of hydrogen-bond acceptors (Lipinski definition) is 3. The maximum atomic E-state index is 11.1. The van der Waals surface area contributed by atoms with Gasteiger partial charge in [0.05, 0.1) is 6.10 Å². The van der Waals surface area contributed by atoms with Crippen molar-refractivity contribution in [2.45, 2.75) is 19.1 Å². The zero-order valence-corrected chi connectivity index (χ0v) is 12.7. The van der Waals surface area contributed by atoms with Gasteiger partial charge in [-0.15, -0.1) is 0 Å². The molecule has 0 saturated carbocycles. The molecule has 3 atom stereocenters. The zero-order valence-electron chi connectivity index (χ0n) is 11.9. The minimum absolute atomic E-state index is 0.135. The first-order chi connectivity index (χ1) is 9.56. The highest BCUT2D eigenvalue weighted by molar-refractivity contribution is 7.84. The van der Waals surface area contributed by atoms with Crippen molar-refractivity contribution in [3.05, 3.63) is 48.0 Å². The molecule has 0 aliphatic heterocycles. The molecule has 0 aromatic heterocycles. The molecule has 0 aliphatic carbocycles. The Kier molecular flexibility index (Phi) is 5.29. The van der Waals surface area contributed by atoms with Crippen molar-refractivity contribution in [2.24, 2.45) is 0 Å². The molecule has 0 saturated heterocycles. The monoisotopic (exact) mass is 291 g/mol. The summed E-state index contributed by atoms with van der Waals surface area (Å²) in [6.45, 7) is 2.45. The van der Waals surface area contributed by atoms with Crippen LogP contribution in [0.4, 0.5) is 0 Å². The Bertz CT molecular complexity index is 600. The molecule has 0 bridgehead atoms. The van der Waals surface area contributed by atoms with Gasteiger partial charge in [-0.3, -0.25) is 4.21 Å². The smallest absolute Gasteiger partial charge is 0.0914 e. The first-order valence-electron chi connectivity index (χ1n) is 6.76. The van der Waals surface area contributed by atoms with Gasteiger partial charge in [-0.25, -0.2) is 0 Å². The molecule has 0 amide bonds. The fraction of sp³-hybridized carbons (Fsp3) is 0.375. The van der Waals surface area contributed by atoms with E-state index < -0.39 is 16.9 Å². The van der Waals surface area contributed by atoms with Gasteiger partial charge in [-0.1, -0.05) is 36.4 Å².